The monoisotopic (exact) mass is 468 g/mol. The molecule has 15 heteroatoms. The Morgan fingerprint density at radius 1 is 0.935 bits per heavy atom. The maximum Gasteiger partial charge on any atom is 0.425 e. The normalized spacial score (nSPS) is 10.2. The van der Waals surface area contributed by atoms with Crippen LogP contribution in [0.25, 0.3) is 5.69 Å². The van der Waals surface area contributed by atoms with E-state index in [1.807, 2.05) is 6.07 Å². The van der Waals surface area contributed by atoms with Gasteiger partial charge < -0.3 is 0 Å². The number of aromatic amines is 1. The summed E-state index contributed by atoms with van der Waals surface area (Å²) >= 11 is 0. The molecule has 31 heavy (non-hydrogen) atoms. The lowest BCUT2D eigenvalue weighted by Crippen LogP contribution is -2.14. The van der Waals surface area contributed by atoms with Gasteiger partial charge in [-0.1, -0.05) is 18.2 Å². The quantitative estimate of drug-likeness (QED) is 0.417. The van der Waals surface area contributed by atoms with Crippen LogP contribution in [0.3, 0.4) is 0 Å². The molecule has 0 saturated carbocycles. The van der Waals surface area contributed by atoms with Crippen LogP contribution in [0, 0.1) is 0 Å². The lowest BCUT2D eigenvalue weighted by molar-refractivity contribution is -0.191. The minimum atomic E-state index is -4.28. The Kier molecular flexibility index (Phi) is 9.55. The summed E-state index contributed by atoms with van der Waals surface area (Å²) in [5.74, 6) is 0. The molecule has 2 N–H and O–H groups in total. The van der Waals surface area contributed by atoms with Crippen LogP contribution in [0.1, 0.15) is 0 Å². The van der Waals surface area contributed by atoms with Gasteiger partial charge in [0.05, 0.1) is 22.5 Å². The van der Waals surface area contributed by atoms with E-state index < -0.39 is 26.3 Å². The summed E-state index contributed by atoms with van der Waals surface area (Å²) in [6, 6.07) is 14.1. The van der Waals surface area contributed by atoms with Gasteiger partial charge in [-0.25, -0.2) is 4.68 Å². The number of hydrogen-bond donors (Lipinski definition) is 2. The van der Waals surface area contributed by atoms with E-state index in [0.29, 0.717) is 11.4 Å². The molecule has 1 heterocycles. The molecular formula is C16H12N4O9S2. The number of rotatable bonds is 4. The molecule has 0 radical (unpaired) electrons. The average Bonchev–Trinajstić information content (AvgIpc) is 3.07. The van der Waals surface area contributed by atoms with Gasteiger partial charge in [-0.05, 0) is 36.4 Å². The van der Waals surface area contributed by atoms with E-state index in [1.54, 1.807) is 24.3 Å². The molecule has 0 saturated heterocycles. The van der Waals surface area contributed by atoms with E-state index >= 15 is 0 Å². The summed E-state index contributed by atoms with van der Waals surface area (Å²) in [5, 5.41) is 10.6. The minimum absolute atomic E-state index is 0.109. The molecule has 13 nitrogen and oxygen atoms in total. The van der Waals surface area contributed by atoms with Crippen molar-refractivity contribution < 1.29 is 35.2 Å². The number of H-pyrrole nitrogens is 1. The zero-order valence-electron chi connectivity index (χ0n) is 15.1. The van der Waals surface area contributed by atoms with Crippen molar-refractivity contribution in [2.75, 3.05) is 0 Å². The molecule has 0 aliphatic heterocycles. The van der Waals surface area contributed by atoms with Crippen molar-refractivity contribution in [3.8, 4) is 5.69 Å². The van der Waals surface area contributed by atoms with Crippen LogP contribution in [0.15, 0.2) is 80.7 Å². The molecule has 0 aliphatic rings. The third-order valence-electron chi connectivity index (χ3n) is 3.17. The fourth-order valence-corrected chi connectivity index (χ4v) is 2.48. The Labute approximate surface area is 175 Å². The van der Waals surface area contributed by atoms with Crippen LogP contribution in [-0.2, 0) is 30.3 Å². The highest BCUT2D eigenvalue weighted by molar-refractivity contribution is 7.85. The van der Waals surface area contributed by atoms with Gasteiger partial charge in [0, 0.05) is 0 Å². The Morgan fingerprint density at radius 2 is 1.45 bits per heavy atom. The van der Waals surface area contributed by atoms with Gasteiger partial charge in [-0.2, -0.15) is 23.1 Å². The number of hydrogen-bond acceptors (Lipinski definition) is 10. The number of nitrogens with zero attached hydrogens (tertiary/aromatic N) is 3. The maximum atomic E-state index is 12.3. The predicted octanol–water partition coefficient (Wildman–Crippen LogP) is 1.24. The molecule has 0 bridgehead atoms. The summed E-state index contributed by atoms with van der Waals surface area (Å²) in [5.41, 5.74) is 0.683. The van der Waals surface area contributed by atoms with E-state index in [9.17, 15) is 13.2 Å². The third kappa shape index (κ3) is 8.46. The third-order valence-corrected chi connectivity index (χ3v) is 4.04. The van der Waals surface area contributed by atoms with Crippen LogP contribution >= 0.6 is 0 Å². The molecule has 1 aromatic heterocycles. The summed E-state index contributed by atoms with van der Waals surface area (Å²) < 4.78 is 57.5. The van der Waals surface area contributed by atoms with Crippen molar-refractivity contribution in [3.63, 3.8) is 0 Å². The van der Waals surface area contributed by atoms with Crippen LogP contribution < -0.4 is 5.56 Å². The fraction of sp³-hybridized carbons (Fsp3) is 0. The SMILES string of the molecule is O=C=O.O=S(=O)=O.O=c1c(N=Nc2ccccc2)c[nH]n1-c1ccc(S(=O)(=O)O)cc1. The Morgan fingerprint density at radius 3 is 1.94 bits per heavy atom. The van der Waals surface area contributed by atoms with E-state index in [1.165, 1.54) is 35.1 Å². The highest BCUT2D eigenvalue weighted by Gasteiger charge is 2.11. The van der Waals surface area contributed by atoms with Gasteiger partial charge >= 0.3 is 16.8 Å². The van der Waals surface area contributed by atoms with Gasteiger partial charge in [-0.15, -0.1) is 17.7 Å². The minimum Gasteiger partial charge on any atom is -0.296 e. The Bertz CT molecular complexity index is 1330. The van der Waals surface area contributed by atoms with Crippen LogP contribution in [-0.4, -0.2) is 41.5 Å². The van der Waals surface area contributed by atoms with Crippen LogP contribution in [0.5, 0.6) is 0 Å². The maximum absolute atomic E-state index is 12.3. The smallest absolute Gasteiger partial charge is 0.296 e. The van der Waals surface area contributed by atoms with E-state index in [0.717, 1.165) is 0 Å². The molecule has 0 atom stereocenters. The number of aromatic nitrogens is 2. The number of nitrogens with one attached hydrogen (secondary N) is 1. The Balaban J connectivity index is 0.000000604. The van der Waals surface area contributed by atoms with Crippen molar-refractivity contribution in [2.45, 2.75) is 4.90 Å². The second kappa shape index (κ2) is 11.8. The summed E-state index contributed by atoms with van der Waals surface area (Å²) in [6.45, 7) is 0. The molecule has 0 aliphatic carbocycles. The first-order valence-corrected chi connectivity index (χ1v) is 10.1. The second-order valence-electron chi connectivity index (χ2n) is 5.09. The number of benzene rings is 2. The zero-order chi connectivity index (χ0) is 23.4. The van der Waals surface area contributed by atoms with Gasteiger partial charge in [-0.3, -0.25) is 14.4 Å². The number of carbonyl (C=O) groups excluding carboxylic acids is 2. The second-order valence-corrected chi connectivity index (χ2v) is 6.92. The number of azo groups is 1. The lowest BCUT2D eigenvalue weighted by atomic mass is 10.3. The summed E-state index contributed by atoms with van der Waals surface area (Å²) in [7, 11) is -7.39. The summed E-state index contributed by atoms with van der Waals surface area (Å²) in [6.07, 6.45) is 1.64. The highest BCUT2D eigenvalue weighted by Crippen LogP contribution is 2.16. The fourth-order valence-electron chi connectivity index (χ4n) is 2.00. The average molecular weight is 468 g/mol. The first-order valence-electron chi connectivity index (χ1n) is 7.71. The molecule has 2 aromatic carbocycles. The van der Waals surface area contributed by atoms with Gasteiger partial charge in [0.1, 0.15) is 0 Å². The van der Waals surface area contributed by atoms with E-state index in [-0.39, 0.29) is 16.7 Å². The molecule has 0 spiro atoms. The molecule has 3 rings (SSSR count). The van der Waals surface area contributed by atoms with Crippen molar-refractivity contribution in [1.82, 2.24) is 9.78 Å². The molecule has 0 unspecified atom stereocenters. The first kappa shape index (κ1) is 25.0. The topological polar surface area (TPSA) is 202 Å². The van der Waals surface area contributed by atoms with E-state index in [2.05, 4.69) is 15.3 Å². The highest BCUT2D eigenvalue weighted by atomic mass is 32.2. The molecule has 162 valence electrons. The first-order chi connectivity index (χ1) is 14.6. The van der Waals surface area contributed by atoms with Gasteiger partial charge in [0.25, 0.3) is 15.7 Å². The summed E-state index contributed by atoms with van der Waals surface area (Å²) in [4.78, 5) is 28.3. The standard InChI is InChI=1S/C15H12N4O4S.CO2.O3S/c20-15-14(18-17-11-4-2-1-3-5-11)10-16-19(15)12-6-8-13(9-7-12)24(21,22)23;2-1-3;1-4(2)3/h1-10,16H,(H,21,22,23);;. The van der Waals surface area contributed by atoms with Crippen LogP contribution in [0.4, 0.5) is 11.4 Å². The van der Waals surface area contributed by atoms with Gasteiger partial charge in [0.2, 0.25) is 0 Å². The zero-order valence-corrected chi connectivity index (χ0v) is 16.8. The van der Waals surface area contributed by atoms with Crippen molar-refractivity contribution in [2.24, 2.45) is 10.2 Å². The molecule has 0 fully saturated rings. The van der Waals surface area contributed by atoms with Gasteiger partial charge in [0.15, 0.2) is 5.69 Å². The van der Waals surface area contributed by atoms with Crippen molar-refractivity contribution in [1.29, 1.82) is 0 Å². The molecule has 0 amide bonds. The predicted molar refractivity (Wildman–Crippen MR) is 102 cm³/mol. The Hall–Kier alpha value is -4.04. The lowest BCUT2D eigenvalue weighted by Gasteiger charge is -2.02. The van der Waals surface area contributed by atoms with Crippen molar-refractivity contribution in [3.05, 3.63) is 71.1 Å². The molecular weight excluding hydrogens is 456 g/mol. The van der Waals surface area contributed by atoms with E-state index in [4.69, 9.17) is 26.8 Å². The van der Waals surface area contributed by atoms with Crippen LogP contribution in [0.2, 0.25) is 0 Å². The molecule has 3 aromatic rings. The van der Waals surface area contributed by atoms with Crippen molar-refractivity contribution >= 4 is 38.3 Å². The largest absolute Gasteiger partial charge is 0.425 e.